The molecular weight excluding hydrogens is 753 g/mol. The van der Waals surface area contributed by atoms with Crippen molar-refractivity contribution < 1.29 is 4.74 Å². The van der Waals surface area contributed by atoms with Gasteiger partial charge in [0.05, 0.1) is 0 Å². The van der Waals surface area contributed by atoms with Gasteiger partial charge in [-0.25, -0.2) is 0 Å². The molecule has 1 aromatic heterocycles. The number of rotatable bonds is 24. The van der Waals surface area contributed by atoms with Crippen molar-refractivity contribution in [2.45, 2.75) is 115 Å². The molecule has 0 bridgehead atoms. The molecule has 0 aliphatic carbocycles. The molecular formula is C43H61N5OSSn. The number of hydrogen-bond acceptors (Lipinski definition) is 7. The van der Waals surface area contributed by atoms with Crippen LogP contribution < -0.4 is 21.0 Å². The molecule has 3 aromatic carbocycles. The van der Waals surface area contributed by atoms with Crippen LogP contribution in [0.15, 0.2) is 96.2 Å². The van der Waals surface area contributed by atoms with E-state index in [1.165, 1.54) is 107 Å². The molecule has 0 amide bonds. The zero-order valence-electron chi connectivity index (χ0n) is 31.1. The quantitative estimate of drug-likeness (QED) is 0.0560. The Hall–Kier alpha value is -2.62. The van der Waals surface area contributed by atoms with Gasteiger partial charge in [0, 0.05) is 0 Å². The summed E-state index contributed by atoms with van der Waals surface area (Å²) < 4.78 is 9.86. The monoisotopic (exact) mass is 815 g/mol. The van der Waals surface area contributed by atoms with Gasteiger partial charge >= 0.3 is 246 Å². The normalized spacial score (nSPS) is 13.4. The molecule has 0 radical (unpaired) electrons. The summed E-state index contributed by atoms with van der Waals surface area (Å²) in [4.78, 5) is 17.5. The van der Waals surface area contributed by atoms with Gasteiger partial charge in [-0.2, -0.15) is 0 Å². The molecule has 0 spiro atoms. The van der Waals surface area contributed by atoms with Crippen LogP contribution in [-0.2, 0) is 4.74 Å². The number of unbranched alkanes of at least 4 members (excludes halogenated alkanes) is 15. The topological polar surface area (TPSA) is 63.2 Å². The van der Waals surface area contributed by atoms with Crippen molar-refractivity contribution >= 4 is 48.6 Å². The molecule has 1 aliphatic rings. The van der Waals surface area contributed by atoms with Gasteiger partial charge < -0.3 is 0 Å². The van der Waals surface area contributed by atoms with E-state index in [-0.39, 0.29) is 0 Å². The summed E-state index contributed by atoms with van der Waals surface area (Å²) in [6.45, 7) is 6.13. The van der Waals surface area contributed by atoms with Gasteiger partial charge in [-0.1, -0.05) is 71.1 Å². The van der Waals surface area contributed by atoms with Crippen molar-refractivity contribution in [1.29, 1.82) is 0 Å². The molecule has 274 valence electrons. The van der Waals surface area contributed by atoms with E-state index >= 15 is 0 Å². The number of ether oxygens (including phenoxy) is 1. The number of nitrogens with one attached hydrogen (secondary N) is 1. The van der Waals surface area contributed by atoms with Gasteiger partial charge in [0.25, 0.3) is 0 Å². The summed E-state index contributed by atoms with van der Waals surface area (Å²) in [5.41, 5.74) is 0. The Morgan fingerprint density at radius 1 is 0.569 bits per heavy atom. The van der Waals surface area contributed by atoms with Crippen LogP contribution in [0.5, 0.6) is 0 Å². The number of nitrogens with zero attached hydrogens (tertiary/aromatic N) is 4. The van der Waals surface area contributed by atoms with E-state index in [1.54, 1.807) is 0 Å². The predicted molar refractivity (Wildman–Crippen MR) is 221 cm³/mol. The Morgan fingerprint density at radius 2 is 1.00 bits per heavy atom. The van der Waals surface area contributed by atoms with Gasteiger partial charge in [0.15, 0.2) is 0 Å². The Labute approximate surface area is 315 Å². The van der Waals surface area contributed by atoms with Crippen LogP contribution in [0.2, 0.25) is 0 Å². The summed E-state index contributed by atoms with van der Waals surface area (Å²) >= 11 is -3.71. The molecule has 0 atom stereocenters. The Bertz CT molecular complexity index is 1390. The number of hydrogen-bond donors (Lipinski definition) is 1. The number of anilines is 2. The van der Waals surface area contributed by atoms with Crippen molar-refractivity contribution in [1.82, 2.24) is 15.0 Å². The van der Waals surface area contributed by atoms with Crippen LogP contribution in [0.4, 0.5) is 11.9 Å². The van der Waals surface area contributed by atoms with Crippen molar-refractivity contribution in [2.75, 3.05) is 43.1 Å². The number of benzene rings is 3. The zero-order chi connectivity index (χ0) is 35.2. The molecule has 1 saturated heterocycles. The minimum atomic E-state index is -3.71. The molecule has 0 saturated carbocycles. The summed E-state index contributed by atoms with van der Waals surface area (Å²) in [5.74, 6) is 1.43. The summed E-state index contributed by atoms with van der Waals surface area (Å²) in [6, 6.07) is 33.2. The second kappa shape index (κ2) is 23.1. The van der Waals surface area contributed by atoms with Crippen molar-refractivity contribution in [3.05, 3.63) is 91.0 Å². The standard InChI is InChI=1S/C25H47N5OS.3C6H5.Sn/c1-2-3-4-5-6-7-8-9-10-11-12-13-14-15-16-17-18-26-23-27-24(29-25(32)28-23)30-19-21-31-22-20-30;3*1-2-4-6-5-3-1;/h2-22H2,1H3,(H2,26,27,28,29,32);3*1-5H;/q;;;;+1/p-1. The van der Waals surface area contributed by atoms with E-state index in [2.05, 4.69) is 108 Å². The van der Waals surface area contributed by atoms with E-state index in [0.717, 1.165) is 37.2 Å². The third-order valence-electron chi connectivity index (χ3n) is 10.00. The molecule has 5 rings (SSSR count). The maximum absolute atomic E-state index is 5.68. The molecule has 0 unspecified atom stereocenters. The number of aromatic nitrogens is 3. The fraction of sp³-hybridized carbons (Fsp3) is 0.512. The van der Waals surface area contributed by atoms with Gasteiger partial charge in [-0.05, 0) is 0 Å². The van der Waals surface area contributed by atoms with Gasteiger partial charge in [0.2, 0.25) is 0 Å². The van der Waals surface area contributed by atoms with Crippen LogP contribution in [0.3, 0.4) is 0 Å². The third-order valence-corrected chi connectivity index (χ3v) is 29.4. The molecule has 8 heteroatoms. The van der Waals surface area contributed by atoms with E-state index in [1.807, 2.05) is 8.95 Å². The minimum absolute atomic E-state index is 0.685. The second-order valence-electron chi connectivity index (χ2n) is 14.0. The van der Waals surface area contributed by atoms with Gasteiger partial charge in [-0.15, -0.1) is 0 Å². The maximum atomic E-state index is 5.68. The number of morpholine rings is 1. The first-order valence-electron chi connectivity index (χ1n) is 20.0. The fourth-order valence-corrected chi connectivity index (χ4v) is 25.4. The Morgan fingerprint density at radius 3 is 1.45 bits per heavy atom. The van der Waals surface area contributed by atoms with E-state index in [0.29, 0.717) is 19.2 Å². The first-order valence-corrected chi connectivity index (χ1v) is 28.6. The van der Waals surface area contributed by atoms with Crippen LogP contribution in [0.1, 0.15) is 110 Å². The predicted octanol–water partition coefficient (Wildman–Crippen LogP) is 9.14. The van der Waals surface area contributed by atoms with Crippen LogP contribution in [0.25, 0.3) is 0 Å². The first-order chi connectivity index (χ1) is 25.3. The van der Waals surface area contributed by atoms with Crippen molar-refractivity contribution in [3.63, 3.8) is 0 Å². The first kappa shape index (κ1) is 39.6. The summed E-state index contributed by atoms with van der Waals surface area (Å²) in [6.07, 6.45) is 22.0. The summed E-state index contributed by atoms with van der Waals surface area (Å²) in [7, 11) is 1.90. The van der Waals surface area contributed by atoms with Crippen LogP contribution in [-0.4, -0.2) is 64.8 Å². The molecule has 1 aliphatic heterocycles. The van der Waals surface area contributed by atoms with E-state index < -0.39 is 17.0 Å². The van der Waals surface area contributed by atoms with E-state index in [4.69, 9.17) is 19.7 Å². The SMILES string of the molecule is CCCCCCCCCCCCCCCCCCNc1nc([S][Sn]([c]2ccccc2)([c]2ccccc2)[c]2ccccc2)nc(N2CCOCC2)n1. The fourth-order valence-electron chi connectivity index (χ4n) is 7.08. The van der Waals surface area contributed by atoms with Crippen LogP contribution in [0, 0.1) is 0 Å². The van der Waals surface area contributed by atoms with Crippen molar-refractivity contribution in [2.24, 2.45) is 0 Å². The van der Waals surface area contributed by atoms with Gasteiger partial charge in [0.1, 0.15) is 0 Å². The van der Waals surface area contributed by atoms with Crippen molar-refractivity contribution in [3.8, 4) is 0 Å². The molecule has 2 heterocycles. The molecule has 4 aromatic rings. The second-order valence-corrected chi connectivity index (χ2v) is 29.2. The summed E-state index contributed by atoms with van der Waals surface area (Å²) in [5, 5.41) is 4.41. The molecule has 1 N–H and O–H groups in total. The Balaban J connectivity index is 1.18. The zero-order valence-corrected chi connectivity index (χ0v) is 34.8. The molecule has 51 heavy (non-hydrogen) atoms. The molecule has 6 nitrogen and oxygen atoms in total. The Kier molecular flexibility index (Phi) is 18.0. The molecule has 1 fully saturated rings. The third kappa shape index (κ3) is 12.8. The van der Waals surface area contributed by atoms with E-state index in [9.17, 15) is 0 Å². The van der Waals surface area contributed by atoms with Gasteiger partial charge in [-0.3, -0.25) is 0 Å². The average Bonchev–Trinajstić information content (AvgIpc) is 3.19. The van der Waals surface area contributed by atoms with Crippen LogP contribution >= 0.6 is 8.95 Å². The average molecular weight is 815 g/mol.